The molecule has 0 spiro atoms. The van der Waals surface area contributed by atoms with Gasteiger partial charge in [0, 0.05) is 23.7 Å². The highest BCUT2D eigenvalue weighted by Crippen LogP contribution is 2.18. The Hall–Kier alpha value is -3.48. The van der Waals surface area contributed by atoms with Crippen molar-refractivity contribution in [1.82, 2.24) is 0 Å². The van der Waals surface area contributed by atoms with Crippen LogP contribution < -0.4 is 10.1 Å². The van der Waals surface area contributed by atoms with Gasteiger partial charge in [0.05, 0.1) is 7.11 Å². The van der Waals surface area contributed by atoms with E-state index in [1.807, 2.05) is 13.8 Å². The number of carbonyl (C=O) groups excluding carboxylic acids is 3. The lowest BCUT2D eigenvalue weighted by Crippen LogP contribution is -2.14. The molecule has 7 heteroatoms. The van der Waals surface area contributed by atoms with E-state index >= 15 is 0 Å². The molecule has 0 saturated carbocycles. The number of hydrogen-bond acceptors (Lipinski definition) is 5. The van der Waals surface area contributed by atoms with Gasteiger partial charge in [0.2, 0.25) is 5.91 Å². The fourth-order valence-corrected chi connectivity index (χ4v) is 2.54. The largest absolute Gasteiger partial charge is 0.494 e. The number of nitrogens with one attached hydrogen (secondary N) is 1. The van der Waals surface area contributed by atoms with Crippen LogP contribution in [-0.2, 0) is 14.3 Å². The van der Waals surface area contributed by atoms with Gasteiger partial charge < -0.3 is 14.8 Å². The maximum absolute atomic E-state index is 13.6. The summed E-state index contributed by atoms with van der Waals surface area (Å²) in [4.78, 5) is 35.7. The second-order valence-electron chi connectivity index (χ2n) is 6.98. The van der Waals surface area contributed by atoms with Crippen molar-refractivity contribution < 1.29 is 28.2 Å². The molecule has 158 valence electrons. The van der Waals surface area contributed by atoms with Gasteiger partial charge in [0.25, 0.3) is 0 Å². The summed E-state index contributed by atoms with van der Waals surface area (Å²) < 4.78 is 23.4. The van der Waals surface area contributed by atoms with Crippen LogP contribution in [0.5, 0.6) is 5.75 Å². The van der Waals surface area contributed by atoms with Crippen LogP contribution in [-0.4, -0.2) is 31.4 Å². The molecule has 0 fully saturated rings. The lowest BCUT2D eigenvalue weighted by atomic mass is 10.1. The molecule has 6 nitrogen and oxygen atoms in total. The zero-order valence-corrected chi connectivity index (χ0v) is 17.1. The minimum atomic E-state index is -0.725. The number of methoxy groups -OCH3 is 1. The molecule has 1 amide bonds. The SMILES string of the molecule is COc1ccc(/C=C/C(=O)OCC(=O)c2ccc(NC(=O)CC(C)C)cc2)cc1F. The summed E-state index contributed by atoms with van der Waals surface area (Å²) in [5, 5.41) is 2.75. The maximum Gasteiger partial charge on any atom is 0.331 e. The molecule has 0 aromatic heterocycles. The monoisotopic (exact) mass is 413 g/mol. The molecule has 30 heavy (non-hydrogen) atoms. The third-order valence-corrected chi connectivity index (χ3v) is 4.02. The minimum Gasteiger partial charge on any atom is -0.494 e. The van der Waals surface area contributed by atoms with Gasteiger partial charge in [-0.25, -0.2) is 9.18 Å². The van der Waals surface area contributed by atoms with Crippen LogP contribution in [0.25, 0.3) is 6.08 Å². The summed E-state index contributed by atoms with van der Waals surface area (Å²) in [7, 11) is 1.36. The standard InChI is InChI=1S/C23H24FNO5/c1-15(2)12-22(27)25-18-8-6-17(7-9-18)20(26)14-30-23(28)11-5-16-4-10-21(29-3)19(24)13-16/h4-11,13,15H,12,14H2,1-3H3,(H,25,27)/b11-5+. The predicted octanol–water partition coefficient (Wildman–Crippen LogP) is 4.26. The molecular formula is C23H24FNO5. The zero-order valence-electron chi connectivity index (χ0n) is 17.1. The molecule has 0 bridgehead atoms. The summed E-state index contributed by atoms with van der Waals surface area (Å²) in [5.41, 5.74) is 1.39. The molecule has 0 atom stereocenters. The third kappa shape index (κ3) is 7.16. The molecule has 2 aromatic rings. The van der Waals surface area contributed by atoms with E-state index in [0.29, 0.717) is 23.2 Å². The number of amides is 1. The number of ether oxygens (including phenoxy) is 2. The Labute approximate surface area is 174 Å². The molecule has 2 aromatic carbocycles. The molecule has 2 rings (SSSR count). The average Bonchev–Trinajstić information content (AvgIpc) is 2.70. The highest BCUT2D eigenvalue weighted by Gasteiger charge is 2.10. The number of hydrogen-bond donors (Lipinski definition) is 1. The first-order valence-corrected chi connectivity index (χ1v) is 9.40. The molecule has 1 N–H and O–H groups in total. The quantitative estimate of drug-likeness (QED) is 0.377. The lowest BCUT2D eigenvalue weighted by molar-refractivity contribution is -0.136. The zero-order chi connectivity index (χ0) is 22.1. The normalized spacial score (nSPS) is 10.8. The molecule has 0 radical (unpaired) electrons. The number of Topliss-reactive ketones (excluding diaryl/α,β-unsaturated/α-hetero) is 1. The number of carbonyl (C=O) groups is 3. The predicted molar refractivity (Wildman–Crippen MR) is 112 cm³/mol. The van der Waals surface area contributed by atoms with Crippen LogP contribution in [0, 0.1) is 11.7 Å². The van der Waals surface area contributed by atoms with E-state index in [-0.39, 0.29) is 23.4 Å². The highest BCUT2D eigenvalue weighted by atomic mass is 19.1. The maximum atomic E-state index is 13.6. The fraction of sp³-hybridized carbons (Fsp3) is 0.261. The molecule has 0 saturated heterocycles. The molecule has 0 aliphatic heterocycles. The summed E-state index contributed by atoms with van der Waals surface area (Å²) in [6, 6.07) is 10.6. The first-order valence-electron chi connectivity index (χ1n) is 9.40. The van der Waals surface area contributed by atoms with Crippen LogP contribution in [0.1, 0.15) is 36.2 Å². The van der Waals surface area contributed by atoms with E-state index in [9.17, 15) is 18.8 Å². The van der Waals surface area contributed by atoms with E-state index in [4.69, 9.17) is 9.47 Å². The van der Waals surface area contributed by atoms with E-state index < -0.39 is 18.4 Å². The topological polar surface area (TPSA) is 81.7 Å². The van der Waals surface area contributed by atoms with Crippen LogP contribution in [0.3, 0.4) is 0 Å². The van der Waals surface area contributed by atoms with Crippen molar-refractivity contribution >= 4 is 29.4 Å². The van der Waals surface area contributed by atoms with E-state index in [1.165, 1.54) is 25.3 Å². The number of rotatable bonds is 9. The molecule has 0 unspecified atom stereocenters. The van der Waals surface area contributed by atoms with Crippen molar-refractivity contribution in [1.29, 1.82) is 0 Å². The Bertz CT molecular complexity index is 935. The van der Waals surface area contributed by atoms with Gasteiger partial charge in [-0.1, -0.05) is 19.9 Å². The average molecular weight is 413 g/mol. The van der Waals surface area contributed by atoms with Gasteiger partial charge in [-0.05, 0) is 54.0 Å². The molecule has 0 aliphatic rings. The van der Waals surface area contributed by atoms with Crippen molar-refractivity contribution in [2.45, 2.75) is 20.3 Å². The number of anilines is 1. The van der Waals surface area contributed by atoms with E-state index in [1.54, 1.807) is 30.3 Å². The Kier molecular flexibility index (Phi) is 8.29. The minimum absolute atomic E-state index is 0.0958. The second kappa shape index (κ2) is 10.9. The molecule has 0 heterocycles. The van der Waals surface area contributed by atoms with Crippen molar-refractivity contribution in [3.8, 4) is 5.75 Å². The Balaban J connectivity index is 1.85. The summed E-state index contributed by atoms with van der Waals surface area (Å²) >= 11 is 0. The highest BCUT2D eigenvalue weighted by molar-refractivity contribution is 5.99. The van der Waals surface area contributed by atoms with E-state index in [0.717, 1.165) is 6.08 Å². The van der Waals surface area contributed by atoms with Crippen molar-refractivity contribution in [3.05, 3.63) is 65.5 Å². The Morgan fingerprint density at radius 3 is 2.40 bits per heavy atom. The van der Waals surface area contributed by atoms with Gasteiger partial charge in [-0.3, -0.25) is 9.59 Å². The number of ketones is 1. The van der Waals surface area contributed by atoms with Crippen LogP contribution in [0.15, 0.2) is 48.5 Å². The Morgan fingerprint density at radius 1 is 1.10 bits per heavy atom. The number of halogens is 1. The van der Waals surface area contributed by atoms with Crippen LogP contribution in [0.4, 0.5) is 10.1 Å². The fourth-order valence-electron chi connectivity index (χ4n) is 2.54. The van der Waals surface area contributed by atoms with Gasteiger partial charge in [0.15, 0.2) is 24.0 Å². The van der Waals surface area contributed by atoms with Crippen molar-refractivity contribution in [2.75, 3.05) is 19.0 Å². The first-order chi connectivity index (χ1) is 14.3. The van der Waals surface area contributed by atoms with E-state index in [2.05, 4.69) is 5.32 Å². The van der Waals surface area contributed by atoms with Gasteiger partial charge in [-0.15, -0.1) is 0 Å². The number of benzene rings is 2. The summed E-state index contributed by atoms with van der Waals surface area (Å²) in [6.07, 6.45) is 2.90. The summed E-state index contributed by atoms with van der Waals surface area (Å²) in [6.45, 7) is 3.47. The number of esters is 1. The molecular weight excluding hydrogens is 389 g/mol. The third-order valence-electron chi connectivity index (χ3n) is 4.02. The Morgan fingerprint density at radius 2 is 1.80 bits per heavy atom. The van der Waals surface area contributed by atoms with Crippen molar-refractivity contribution in [3.63, 3.8) is 0 Å². The lowest BCUT2D eigenvalue weighted by Gasteiger charge is -2.08. The summed E-state index contributed by atoms with van der Waals surface area (Å²) in [5.74, 6) is -1.40. The van der Waals surface area contributed by atoms with Crippen LogP contribution in [0.2, 0.25) is 0 Å². The van der Waals surface area contributed by atoms with Gasteiger partial charge in [0.1, 0.15) is 0 Å². The molecule has 0 aliphatic carbocycles. The van der Waals surface area contributed by atoms with Crippen LogP contribution >= 0.6 is 0 Å². The smallest absolute Gasteiger partial charge is 0.331 e. The van der Waals surface area contributed by atoms with Gasteiger partial charge in [-0.2, -0.15) is 0 Å². The van der Waals surface area contributed by atoms with Gasteiger partial charge >= 0.3 is 5.97 Å². The second-order valence-corrected chi connectivity index (χ2v) is 6.98. The van der Waals surface area contributed by atoms with Crippen molar-refractivity contribution in [2.24, 2.45) is 5.92 Å². The first kappa shape index (κ1) is 22.8.